The topological polar surface area (TPSA) is 61.0 Å². The van der Waals surface area contributed by atoms with Gasteiger partial charge in [0.1, 0.15) is 0 Å². The van der Waals surface area contributed by atoms with Gasteiger partial charge in [-0.2, -0.15) is 0 Å². The summed E-state index contributed by atoms with van der Waals surface area (Å²) in [5.41, 5.74) is 4.01. The first kappa shape index (κ1) is 6.36. The number of nitrogens with zero attached hydrogens (tertiary/aromatic N) is 2. The Bertz CT molecular complexity index is 293. The summed E-state index contributed by atoms with van der Waals surface area (Å²) in [6, 6.07) is 0. The van der Waals surface area contributed by atoms with Crippen molar-refractivity contribution in [3.05, 3.63) is 17.7 Å². The van der Waals surface area contributed by atoms with E-state index in [9.17, 15) is 4.79 Å². The molecule has 5 nitrogen and oxygen atoms in total. The summed E-state index contributed by atoms with van der Waals surface area (Å²) in [5, 5.41) is 1.71. The zero-order valence-electron chi connectivity index (χ0n) is 6.09. The largest absolute Gasteiger partial charge is 0.347 e. The van der Waals surface area contributed by atoms with E-state index in [1.54, 1.807) is 5.01 Å². The van der Waals surface area contributed by atoms with E-state index in [4.69, 9.17) is 0 Å². The van der Waals surface area contributed by atoms with Crippen LogP contribution in [0.3, 0.4) is 0 Å². The number of aromatic amines is 1. The lowest BCUT2D eigenvalue weighted by Crippen LogP contribution is -2.43. The highest BCUT2D eigenvalue weighted by Gasteiger charge is 2.21. The average molecular weight is 152 g/mol. The third-order valence-electron chi connectivity index (χ3n) is 1.62. The van der Waals surface area contributed by atoms with E-state index in [1.165, 1.54) is 6.33 Å². The first-order chi connectivity index (χ1) is 5.27. The van der Waals surface area contributed by atoms with E-state index in [2.05, 4.69) is 15.4 Å². The Hall–Kier alpha value is -1.36. The van der Waals surface area contributed by atoms with Crippen molar-refractivity contribution in [2.24, 2.45) is 0 Å². The van der Waals surface area contributed by atoms with Gasteiger partial charge in [0.05, 0.1) is 18.6 Å². The number of imidazole rings is 1. The Labute approximate surface area is 63.4 Å². The lowest BCUT2D eigenvalue weighted by Gasteiger charge is -2.21. The first-order valence-corrected chi connectivity index (χ1v) is 3.32. The number of amides is 1. The summed E-state index contributed by atoms with van der Waals surface area (Å²) in [7, 11) is 1.81. The lowest BCUT2D eigenvalue weighted by molar-refractivity contribution is 0.0778. The molecule has 5 heteroatoms. The molecular formula is C6H8N4O. The SMILES string of the molecule is CN1Cc2[nH]cnc2C(=O)N1. The zero-order chi connectivity index (χ0) is 7.84. The predicted octanol–water partition coefficient (Wildman–Crippen LogP) is -0.500. The van der Waals surface area contributed by atoms with E-state index < -0.39 is 0 Å². The predicted molar refractivity (Wildman–Crippen MR) is 37.5 cm³/mol. The van der Waals surface area contributed by atoms with Gasteiger partial charge in [-0.3, -0.25) is 10.2 Å². The number of fused-ring (bicyclic) bond motifs is 1. The van der Waals surface area contributed by atoms with Gasteiger partial charge in [0.15, 0.2) is 5.69 Å². The molecule has 1 aromatic heterocycles. The van der Waals surface area contributed by atoms with Gasteiger partial charge in [-0.25, -0.2) is 9.99 Å². The van der Waals surface area contributed by atoms with Crippen LogP contribution >= 0.6 is 0 Å². The molecule has 1 aliphatic rings. The fourth-order valence-electron chi connectivity index (χ4n) is 1.14. The quantitative estimate of drug-likeness (QED) is 0.527. The maximum absolute atomic E-state index is 11.1. The van der Waals surface area contributed by atoms with Gasteiger partial charge in [-0.05, 0) is 0 Å². The minimum atomic E-state index is -0.144. The van der Waals surface area contributed by atoms with Gasteiger partial charge in [0, 0.05) is 7.05 Å². The molecule has 1 aliphatic heterocycles. The van der Waals surface area contributed by atoms with Crippen molar-refractivity contribution in [3.63, 3.8) is 0 Å². The van der Waals surface area contributed by atoms with Gasteiger partial charge in [-0.15, -0.1) is 0 Å². The zero-order valence-corrected chi connectivity index (χ0v) is 6.09. The number of hydrogen-bond acceptors (Lipinski definition) is 3. The summed E-state index contributed by atoms with van der Waals surface area (Å²) >= 11 is 0. The monoisotopic (exact) mass is 152 g/mol. The lowest BCUT2D eigenvalue weighted by atomic mass is 10.3. The number of aromatic nitrogens is 2. The van der Waals surface area contributed by atoms with Crippen LogP contribution in [0.15, 0.2) is 6.33 Å². The third kappa shape index (κ3) is 0.894. The van der Waals surface area contributed by atoms with E-state index in [-0.39, 0.29) is 5.91 Å². The Morgan fingerprint density at radius 1 is 1.73 bits per heavy atom. The molecule has 1 aromatic rings. The van der Waals surface area contributed by atoms with Gasteiger partial charge >= 0.3 is 0 Å². The van der Waals surface area contributed by atoms with Crippen molar-refractivity contribution in [1.82, 2.24) is 20.4 Å². The fraction of sp³-hybridized carbons (Fsp3) is 0.333. The van der Waals surface area contributed by atoms with Crippen LogP contribution in [0.1, 0.15) is 16.2 Å². The molecule has 58 valence electrons. The van der Waals surface area contributed by atoms with Crippen molar-refractivity contribution in [3.8, 4) is 0 Å². The van der Waals surface area contributed by atoms with Crippen molar-refractivity contribution in [2.45, 2.75) is 6.54 Å². The molecule has 0 saturated heterocycles. The van der Waals surface area contributed by atoms with Crippen LogP contribution in [0.25, 0.3) is 0 Å². The molecule has 0 fully saturated rings. The van der Waals surface area contributed by atoms with Crippen molar-refractivity contribution in [2.75, 3.05) is 7.05 Å². The van der Waals surface area contributed by atoms with Crippen LogP contribution in [-0.4, -0.2) is 27.9 Å². The summed E-state index contributed by atoms with van der Waals surface area (Å²) in [5.74, 6) is -0.144. The molecule has 0 radical (unpaired) electrons. The summed E-state index contributed by atoms with van der Waals surface area (Å²) in [4.78, 5) is 17.9. The highest BCUT2D eigenvalue weighted by Crippen LogP contribution is 2.09. The molecule has 0 bridgehead atoms. The number of carbonyl (C=O) groups is 1. The second-order valence-corrected chi connectivity index (χ2v) is 2.53. The second-order valence-electron chi connectivity index (χ2n) is 2.53. The van der Waals surface area contributed by atoms with Crippen LogP contribution in [0.4, 0.5) is 0 Å². The molecule has 0 spiro atoms. The Balaban J connectivity index is 2.44. The summed E-state index contributed by atoms with van der Waals surface area (Å²) in [6.45, 7) is 0.682. The first-order valence-electron chi connectivity index (χ1n) is 3.32. The average Bonchev–Trinajstić information content (AvgIpc) is 2.34. The highest BCUT2D eigenvalue weighted by molar-refractivity contribution is 5.93. The van der Waals surface area contributed by atoms with Gasteiger partial charge < -0.3 is 4.98 Å². The van der Waals surface area contributed by atoms with E-state index >= 15 is 0 Å². The van der Waals surface area contributed by atoms with Crippen LogP contribution < -0.4 is 5.43 Å². The molecule has 0 atom stereocenters. The molecule has 0 aliphatic carbocycles. The summed E-state index contributed by atoms with van der Waals surface area (Å²) in [6.07, 6.45) is 1.53. The van der Waals surface area contributed by atoms with Gasteiger partial charge in [0.2, 0.25) is 0 Å². The van der Waals surface area contributed by atoms with Crippen LogP contribution in [0.2, 0.25) is 0 Å². The summed E-state index contributed by atoms with van der Waals surface area (Å²) < 4.78 is 0. The maximum Gasteiger partial charge on any atom is 0.286 e. The third-order valence-corrected chi connectivity index (χ3v) is 1.62. The smallest absolute Gasteiger partial charge is 0.286 e. The molecule has 2 heterocycles. The Kier molecular flexibility index (Phi) is 1.19. The molecule has 0 aromatic carbocycles. The minimum absolute atomic E-state index is 0.144. The highest BCUT2D eigenvalue weighted by atomic mass is 16.2. The molecule has 2 rings (SSSR count). The maximum atomic E-state index is 11.1. The Morgan fingerprint density at radius 2 is 2.55 bits per heavy atom. The number of carbonyl (C=O) groups excluding carboxylic acids is 1. The van der Waals surface area contributed by atoms with E-state index in [0.717, 1.165) is 5.69 Å². The molecule has 1 amide bonds. The second kappa shape index (κ2) is 2.06. The molecule has 0 unspecified atom stereocenters. The molecular weight excluding hydrogens is 144 g/mol. The fourth-order valence-corrected chi connectivity index (χ4v) is 1.14. The standard InChI is InChI=1S/C6H8N4O/c1-10-2-4-5(6(11)9-10)8-3-7-4/h3H,2H2,1H3,(H,7,8)(H,9,11). The van der Waals surface area contributed by atoms with E-state index in [0.29, 0.717) is 12.2 Å². The molecule has 11 heavy (non-hydrogen) atoms. The number of rotatable bonds is 0. The van der Waals surface area contributed by atoms with Crippen LogP contribution in [-0.2, 0) is 6.54 Å². The van der Waals surface area contributed by atoms with Crippen molar-refractivity contribution in [1.29, 1.82) is 0 Å². The van der Waals surface area contributed by atoms with E-state index in [1.807, 2.05) is 7.05 Å². The number of nitrogens with one attached hydrogen (secondary N) is 2. The normalized spacial score (nSPS) is 17.7. The minimum Gasteiger partial charge on any atom is -0.347 e. The Morgan fingerprint density at radius 3 is 3.36 bits per heavy atom. The molecule has 0 saturated carbocycles. The van der Waals surface area contributed by atoms with Gasteiger partial charge in [-0.1, -0.05) is 0 Å². The van der Waals surface area contributed by atoms with Gasteiger partial charge in [0.25, 0.3) is 5.91 Å². The van der Waals surface area contributed by atoms with Crippen molar-refractivity contribution < 1.29 is 4.79 Å². The number of hydrogen-bond donors (Lipinski definition) is 2. The number of hydrazine groups is 1. The molecule has 2 N–H and O–H groups in total. The van der Waals surface area contributed by atoms with Crippen LogP contribution in [0, 0.1) is 0 Å². The van der Waals surface area contributed by atoms with Crippen molar-refractivity contribution >= 4 is 5.91 Å². The van der Waals surface area contributed by atoms with Crippen LogP contribution in [0.5, 0.6) is 0 Å². The number of H-pyrrole nitrogens is 1.